The molecule has 1 aliphatic heterocycles. The van der Waals surface area contributed by atoms with Gasteiger partial charge in [0.05, 0.1) is 4.75 Å². The lowest BCUT2D eigenvalue weighted by molar-refractivity contribution is -0.109. The highest BCUT2D eigenvalue weighted by atomic mass is 35.5. The molecule has 1 heterocycles. The van der Waals surface area contributed by atoms with Gasteiger partial charge < -0.3 is 0 Å². The van der Waals surface area contributed by atoms with Gasteiger partial charge in [-0.3, -0.25) is 9.59 Å². The Kier molecular flexibility index (Phi) is 4.55. The fraction of sp³-hybridized carbons (Fsp3) is 0.429. The van der Waals surface area contributed by atoms with Crippen LogP contribution in [0.15, 0.2) is 23.1 Å². The lowest BCUT2D eigenvalue weighted by Crippen LogP contribution is -2.49. The summed E-state index contributed by atoms with van der Waals surface area (Å²) in [6, 6.07) is 5.83. The van der Waals surface area contributed by atoms with Crippen LogP contribution in [-0.4, -0.2) is 19.9 Å². The van der Waals surface area contributed by atoms with E-state index in [-0.39, 0.29) is 10.9 Å². The summed E-state index contributed by atoms with van der Waals surface area (Å²) in [6.07, 6.45) is 0. The molecule has 108 valence electrons. The van der Waals surface area contributed by atoms with Crippen LogP contribution in [0.4, 0.5) is 0 Å². The summed E-state index contributed by atoms with van der Waals surface area (Å²) in [5.41, 5.74) is 1.68. The van der Waals surface area contributed by atoms with Crippen LogP contribution in [0.25, 0.3) is 0 Å². The number of carbonyl (C=O) groups excluding carboxylic acids is 2. The van der Waals surface area contributed by atoms with Gasteiger partial charge in [-0.05, 0) is 43.7 Å². The van der Waals surface area contributed by atoms with E-state index in [1.54, 1.807) is 11.8 Å². The molecule has 0 aliphatic carbocycles. The molecule has 1 atom stereocenters. The van der Waals surface area contributed by atoms with E-state index in [0.717, 1.165) is 32.0 Å². The number of hydrogen-bond donors (Lipinski definition) is 0. The van der Waals surface area contributed by atoms with Gasteiger partial charge in [-0.25, -0.2) is 0 Å². The molecule has 0 spiro atoms. The van der Waals surface area contributed by atoms with Gasteiger partial charge in [0.15, 0.2) is 15.1 Å². The number of hydrogen-bond acceptors (Lipinski definition) is 5. The average molecular weight is 347 g/mol. The maximum atomic E-state index is 12.8. The molecule has 2 nitrogen and oxygen atoms in total. The number of alkyl halides is 1. The zero-order valence-corrected chi connectivity index (χ0v) is 14.9. The minimum Gasteiger partial charge on any atom is -0.291 e. The fourth-order valence-electron chi connectivity index (χ4n) is 1.95. The van der Waals surface area contributed by atoms with Crippen molar-refractivity contribution in [2.75, 3.05) is 0 Å². The summed E-state index contributed by atoms with van der Waals surface area (Å²) >= 11 is 8.25. The standard InChI is InChI=1S/C14H15ClO2S3/c1-8-5-6-11-10(7-8)12(17)14(15,13(3,4)18-11)20-19-9(2)16/h5-7H,1-4H3. The first kappa shape index (κ1) is 16.3. The minimum absolute atomic E-state index is 0.0568. The largest absolute Gasteiger partial charge is 0.291 e. The van der Waals surface area contributed by atoms with E-state index in [4.69, 9.17) is 11.6 Å². The highest BCUT2D eigenvalue weighted by Gasteiger charge is 2.55. The Hall–Kier alpha value is -0.100. The maximum absolute atomic E-state index is 12.8. The van der Waals surface area contributed by atoms with Gasteiger partial charge in [0.25, 0.3) is 0 Å². The average Bonchev–Trinajstić information content (AvgIpc) is 2.35. The van der Waals surface area contributed by atoms with Crippen molar-refractivity contribution in [2.45, 2.75) is 41.5 Å². The summed E-state index contributed by atoms with van der Waals surface area (Å²) in [5.74, 6) is -0.111. The molecular weight excluding hydrogens is 332 g/mol. The molecule has 1 aromatic carbocycles. The second-order valence-electron chi connectivity index (χ2n) is 5.19. The number of Topliss-reactive ketones (excluding diaryl/α,β-unsaturated/α-hetero) is 1. The van der Waals surface area contributed by atoms with E-state index in [0.29, 0.717) is 5.56 Å². The highest BCUT2D eigenvalue weighted by molar-refractivity contribution is 8.83. The smallest absolute Gasteiger partial charge is 0.197 e. The first-order valence-corrected chi connectivity index (χ1v) is 9.41. The molecule has 0 radical (unpaired) electrons. The molecule has 6 heteroatoms. The number of fused-ring (bicyclic) bond motifs is 1. The molecule has 0 amide bonds. The van der Waals surface area contributed by atoms with Crippen molar-refractivity contribution >= 4 is 55.8 Å². The van der Waals surface area contributed by atoms with Crippen molar-refractivity contribution in [3.05, 3.63) is 29.3 Å². The number of ketones is 1. The zero-order chi connectivity index (χ0) is 15.1. The predicted octanol–water partition coefficient (Wildman–Crippen LogP) is 4.93. The van der Waals surface area contributed by atoms with Crippen LogP contribution in [-0.2, 0) is 4.79 Å². The van der Waals surface area contributed by atoms with Gasteiger partial charge in [0.1, 0.15) is 0 Å². The van der Waals surface area contributed by atoms with Crippen LogP contribution >= 0.6 is 45.0 Å². The molecule has 0 fully saturated rings. The quantitative estimate of drug-likeness (QED) is 0.560. The Morgan fingerprint density at radius 1 is 1.35 bits per heavy atom. The van der Waals surface area contributed by atoms with Gasteiger partial charge in [-0.1, -0.05) is 34.0 Å². The van der Waals surface area contributed by atoms with Crippen LogP contribution in [0, 0.1) is 6.92 Å². The SMILES string of the molecule is CC(=O)SSC1(Cl)C(=O)c2cc(C)ccc2SC1(C)C. The number of rotatable bonds is 2. The minimum atomic E-state index is -1.14. The second kappa shape index (κ2) is 5.59. The molecule has 0 aromatic heterocycles. The third kappa shape index (κ3) is 2.78. The van der Waals surface area contributed by atoms with Crippen molar-refractivity contribution in [1.82, 2.24) is 0 Å². The molecule has 2 rings (SSSR count). The number of halogens is 1. The van der Waals surface area contributed by atoms with E-state index < -0.39 is 8.95 Å². The third-order valence-corrected chi connectivity index (χ3v) is 8.82. The Labute approximate surface area is 136 Å². The van der Waals surface area contributed by atoms with Crippen LogP contribution in [0.2, 0.25) is 0 Å². The normalized spacial score (nSPS) is 24.4. The van der Waals surface area contributed by atoms with E-state index >= 15 is 0 Å². The van der Waals surface area contributed by atoms with Crippen molar-refractivity contribution < 1.29 is 9.59 Å². The van der Waals surface area contributed by atoms with E-state index in [1.165, 1.54) is 6.92 Å². The lowest BCUT2D eigenvalue weighted by Gasteiger charge is -2.43. The maximum Gasteiger partial charge on any atom is 0.197 e. The topological polar surface area (TPSA) is 34.1 Å². The lowest BCUT2D eigenvalue weighted by atomic mass is 9.97. The first-order valence-electron chi connectivity index (χ1n) is 6.07. The van der Waals surface area contributed by atoms with Crippen LogP contribution in [0.5, 0.6) is 0 Å². The van der Waals surface area contributed by atoms with Crippen LogP contribution in [0.3, 0.4) is 0 Å². The number of carbonyl (C=O) groups is 2. The number of aryl methyl sites for hydroxylation is 1. The predicted molar refractivity (Wildman–Crippen MR) is 89.9 cm³/mol. The second-order valence-corrected chi connectivity index (χ2v) is 10.2. The van der Waals surface area contributed by atoms with E-state index in [1.807, 2.05) is 39.0 Å². The number of benzene rings is 1. The number of thioether (sulfide) groups is 1. The Morgan fingerprint density at radius 2 is 2.00 bits per heavy atom. The van der Waals surface area contributed by atoms with Crippen LogP contribution < -0.4 is 0 Å². The molecule has 0 saturated heterocycles. The van der Waals surface area contributed by atoms with Crippen molar-refractivity contribution in [2.24, 2.45) is 0 Å². The molecule has 0 N–H and O–H groups in total. The van der Waals surface area contributed by atoms with E-state index in [9.17, 15) is 9.59 Å². The summed E-state index contributed by atoms with van der Waals surface area (Å²) in [7, 11) is 2.19. The summed E-state index contributed by atoms with van der Waals surface area (Å²) in [4.78, 5) is 25.0. The molecular formula is C14H15ClO2S3. The van der Waals surface area contributed by atoms with Crippen molar-refractivity contribution in [3.63, 3.8) is 0 Å². The Balaban J connectivity index is 2.47. The molecule has 0 bridgehead atoms. The van der Waals surface area contributed by atoms with Gasteiger partial charge in [0, 0.05) is 17.4 Å². The van der Waals surface area contributed by atoms with Gasteiger partial charge in [0.2, 0.25) is 0 Å². The molecule has 20 heavy (non-hydrogen) atoms. The van der Waals surface area contributed by atoms with Gasteiger partial charge in [-0.15, -0.1) is 11.8 Å². The molecule has 1 aromatic rings. The Morgan fingerprint density at radius 3 is 2.60 bits per heavy atom. The summed E-state index contributed by atoms with van der Waals surface area (Å²) in [6.45, 7) is 7.31. The van der Waals surface area contributed by atoms with Gasteiger partial charge >= 0.3 is 0 Å². The zero-order valence-electron chi connectivity index (χ0n) is 11.7. The fourth-order valence-corrected chi connectivity index (χ4v) is 6.20. The summed E-state index contributed by atoms with van der Waals surface area (Å²) < 4.78 is -1.64. The first-order chi connectivity index (χ1) is 9.17. The van der Waals surface area contributed by atoms with Crippen molar-refractivity contribution in [3.8, 4) is 0 Å². The van der Waals surface area contributed by atoms with Crippen LogP contribution in [0.1, 0.15) is 36.7 Å². The summed E-state index contributed by atoms with van der Waals surface area (Å²) in [5, 5.41) is -0.0568. The molecule has 0 saturated carbocycles. The highest BCUT2D eigenvalue weighted by Crippen LogP contribution is 2.59. The van der Waals surface area contributed by atoms with Gasteiger partial charge in [-0.2, -0.15) is 0 Å². The Bertz CT molecular complexity index is 586. The third-order valence-electron chi connectivity index (χ3n) is 3.09. The van der Waals surface area contributed by atoms with Crippen molar-refractivity contribution in [1.29, 1.82) is 0 Å². The molecule has 1 unspecified atom stereocenters. The monoisotopic (exact) mass is 346 g/mol. The van der Waals surface area contributed by atoms with E-state index in [2.05, 4.69) is 0 Å². The molecule has 1 aliphatic rings.